The van der Waals surface area contributed by atoms with Crippen molar-refractivity contribution in [2.24, 2.45) is 0 Å². The summed E-state index contributed by atoms with van der Waals surface area (Å²) in [6.07, 6.45) is 5.59. The van der Waals surface area contributed by atoms with Crippen molar-refractivity contribution in [3.63, 3.8) is 0 Å². The molecule has 1 aliphatic rings. The quantitative estimate of drug-likeness (QED) is 0.787. The summed E-state index contributed by atoms with van der Waals surface area (Å²) in [6, 6.07) is 14.0. The molecule has 0 radical (unpaired) electrons. The van der Waals surface area contributed by atoms with Gasteiger partial charge in [-0.15, -0.1) is 0 Å². The minimum absolute atomic E-state index is 0.0933. The number of aromatic nitrogens is 2. The monoisotopic (exact) mass is 325 g/mol. The van der Waals surface area contributed by atoms with Crippen LogP contribution in [0.4, 0.5) is 0 Å². The molecule has 1 atom stereocenters. The Hall–Kier alpha value is -2.30. The van der Waals surface area contributed by atoms with E-state index in [4.69, 9.17) is 16.3 Å². The third kappa shape index (κ3) is 2.83. The first-order valence-electron chi connectivity index (χ1n) is 7.56. The molecular weight excluding hydrogens is 310 g/mol. The summed E-state index contributed by atoms with van der Waals surface area (Å²) >= 11 is 6.11. The van der Waals surface area contributed by atoms with E-state index in [1.165, 1.54) is 0 Å². The molecule has 0 saturated heterocycles. The summed E-state index contributed by atoms with van der Waals surface area (Å²) in [6.45, 7) is 1.69. The summed E-state index contributed by atoms with van der Waals surface area (Å²) in [5, 5.41) is 4.30. The molecule has 0 aliphatic carbocycles. The zero-order valence-electron chi connectivity index (χ0n) is 12.4. The minimum Gasteiger partial charge on any atom is -0.457 e. The number of para-hydroxylation sites is 1. The molecule has 4 nitrogen and oxygen atoms in total. The van der Waals surface area contributed by atoms with Crippen molar-refractivity contribution < 1.29 is 4.74 Å². The number of hydrogen-bond acceptors (Lipinski definition) is 3. The van der Waals surface area contributed by atoms with Gasteiger partial charge in [-0.1, -0.05) is 35.9 Å². The molecule has 2 aromatic carbocycles. The number of nitrogens with zero attached hydrogens (tertiary/aromatic N) is 2. The van der Waals surface area contributed by atoms with Gasteiger partial charge < -0.3 is 14.6 Å². The van der Waals surface area contributed by atoms with E-state index in [-0.39, 0.29) is 6.04 Å². The molecule has 0 saturated carbocycles. The van der Waals surface area contributed by atoms with E-state index in [2.05, 4.69) is 20.9 Å². The first-order chi connectivity index (χ1) is 11.3. The van der Waals surface area contributed by atoms with Crippen LogP contribution in [0.15, 0.2) is 61.2 Å². The normalized spacial score (nSPS) is 15.6. The van der Waals surface area contributed by atoms with Crippen molar-refractivity contribution >= 4 is 11.6 Å². The van der Waals surface area contributed by atoms with Crippen molar-refractivity contribution in [3.05, 3.63) is 77.3 Å². The largest absolute Gasteiger partial charge is 0.457 e. The molecule has 1 aliphatic heterocycles. The summed E-state index contributed by atoms with van der Waals surface area (Å²) < 4.78 is 8.06. The Morgan fingerprint density at radius 1 is 1.13 bits per heavy atom. The number of fused-ring (bicyclic) bond motifs is 2. The van der Waals surface area contributed by atoms with Crippen LogP contribution >= 0.6 is 11.6 Å². The molecule has 1 unspecified atom stereocenters. The molecule has 4 rings (SSSR count). The summed E-state index contributed by atoms with van der Waals surface area (Å²) in [7, 11) is 0. The lowest BCUT2D eigenvalue weighted by Crippen LogP contribution is -2.28. The molecule has 1 N–H and O–H groups in total. The Balaban J connectivity index is 1.62. The lowest BCUT2D eigenvalue weighted by Gasteiger charge is -2.29. The van der Waals surface area contributed by atoms with Gasteiger partial charge in [0.2, 0.25) is 0 Å². The molecule has 3 aromatic rings. The fourth-order valence-corrected chi connectivity index (χ4v) is 3.07. The van der Waals surface area contributed by atoms with Crippen LogP contribution in [-0.2, 0) is 6.54 Å². The Morgan fingerprint density at radius 2 is 2.00 bits per heavy atom. The van der Waals surface area contributed by atoms with Gasteiger partial charge in [-0.05, 0) is 18.2 Å². The van der Waals surface area contributed by atoms with Gasteiger partial charge in [-0.3, -0.25) is 0 Å². The highest BCUT2D eigenvalue weighted by Gasteiger charge is 2.26. The number of rotatable bonds is 4. The Morgan fingerprint density at radius 3 is 2.87 bits per heavy atom. The maximum absolute atomic E-state index is 6.11. The molecule has 116 valence electrons. The van der Waals surface area contributed by atoms with Gasteiger partial charge in [0.05, 0.1) is 12.4 Å². The maximum atomic E-state index is 6.11. The highest BCUT2D eigenvalue weighted by atomic mass is 35.5. The Kier molecular flexibility index (Phi) is 3.77. The van der Waals surface area contributed by atoms with Crippen LogP contribution < -0.4 is 10.1 Å². The van der Waals surface area contributed by atoms with Crippen LogP contribution in [-0.4, -0.2) is 16.1 Å². The van der Waals surface area contributed by atoms with Gasteiger partial charge in [0.25, 0.3) is 0 Å². The topological polar surface area (TPSA) is 39.1 Å². The average molecular weight is 326 g/mol. The number of nitrogens with one attached hydrogen (secondary N) is 1. The predicted octanol–water partition coefficient (Wildman–Crippen LogP) is 4.02. The molecule has 0 fully saturated rings. The van der Waals surface area contributed by atoms with E-state index >= 15 is 0 Å². The van der Waals surface area contributed by atoms with Crippen LogP contribution in [0.25, 0.3) is 0 Å². The number of benzene rings is 2. The zero-order valence-corrected chi connectivity index (χ0v) is 13.2. The molecule has 1 aromatic heterocycles. The fourth-order valence-electron chi connectivity index (χ4n) is 2.91. The predicted molar refractivity (Wildman–Crippen MR) is 90.0 cm³/mol. The van der Waals surface area contributed by atoms with Gasteiger partial charge >= 0.3 is 0 Å². The van der Waals surface area contributed by atoms with Crippen LogP contribution in [0.3, 0.4) is 0 Å². The minimum atomic E-state index is 0.0933. The molecule has 5 heteroatoms. The lowest BCUT2D eigenvalue weighted by molar-refractivity contribution is 0.424. The van der Waals surface area contributed by atoms with Crippen LogP contribution in [0.5, 0.6) is 11.5 Å². The maximum Gasteiger partial charge on any atom is 0.134 e. The van der Waals surface area contributed by atoms with Crippen molar-refractivity contribution in [1.82, 2.24) is 14.9 Å². The van der Waals surface area contributed by atoms with E-state index < -0.39 is 0 Å². The second-order valence-electron chi connectivity index (χ2n) is 5.51. The molecule has 0 bridgehead atoms. The van der Waals surface area contributed by atoms with Crippen molar-refractivity contribution in [2.75, 3.05) is 6.54 Å². The third-order valence-electron chi connectivity index (χ3n) is 4.01. The summed E-state index contributed by atoms with van der Waals surface area (Å²) in [4.78, 5) is 4.07. The third-order valence-corrected chi connectivity index (χ3v) is 4.25. The van der Waals surface area contributed by atoms with Crippen molar-refractivity contribution in [1.29, 1.82) is 0 Å². The SMILES string of the molecule is Clc1ccc2c(c1)Oc1ccccc1C2NCCn1ccnc1. The second kappa shape index (κ2) is 6.07. The summed E-state index contributed by atoms with van der Waals surface area (Å²) in [5.41, 5.74) is 2.26. The molecule has 23 heavy (non-hydrogen) atoms. The van der Waals surface area contributed by atoms with Gasteiger partial charge in [-0.2, -0.15) is 0 Å². The zero-order chi connectivity index (χ0) is 15.6. The van der Waals surface area contributed by atoms with Crippen molar-refractivity contribution in [2.45, 2.75) is 12.6 Å². The van der Waals surface area contributed by atoms with Gasteiger partial charge in [0.1, 0.15) is 11.5 Å². The first-order valence-corrected chi connectivity index (χ1v) is 7.94. The molecule has 2 heterocycles. The standard InChI is InChI=1S/C18H16ClN3O/c19-13-5-6-15-17(11-13)23-16-4-2-1-3-14(16)18(15)21-8-10-22-9-7-20-12-22/h1-7,9,11-12,18,21H,8,10H2. The van der Waals surface area contributed by atoms with Gasteiger partial charge in [0, 0.05) is 41.6 Å². The average Bonchev–Trinajstić information content (AvgIpc) is 3.07. The molecular formula is C18H16ClN3O. The summed E-state index contributed by atoms with van der Waals surface area (Å²) in [5.74, 6) is 1.69. The van der Waals surface area contributed by atoms with Crippen LogP contribution in [0, 0.1) is 0 Å². The van der Waals surface area contributed by atoms with Crippen LogP contribution in [0.2, 0.25) is 5.02 Å². The Labute approximate surface area is 139 Å². The Bertz CT molecular complexity index is 817. The molecule has 0 spiro atoms. The van der Waals surface area contributed by atoms with E-state index in [0.717, 1.165) is 35.7 Å². The lowest BCUT2D eigenvalue weighted by atomic mass is 9.94. The first kappa shape index (κ1) is 14.3. The number of ether oxygens (including phenoxy) is 1. The van der Waals surface area contributed by atoms with Gasteiger partial charge in [0.15, 0.2) is 0 Å². The molecule has 0 amide bonds. The van der Waals surface area contributed by atoms with Crippen molar-refractivity contribution in [3.8, 4) is 11.5 Å². The van der Waals surface area contributed by atoms with E-state index in [9.17, 15) is 0 Å². The van der Waals surface area contributed by atoms with E-state index in [1.54, 1.807) is 6.20 Å². The van der Waals surface area contributed by atoms with E-state index in [0.29, 0.717) is 5.02 Å². The fraction of sp³-hybridized carbons (Fsp3) is 0.167. The number of imidazole rings is 1. The second-order valence-corrected chi connectivity index (χ2v) is 5.95. The number of halogens is 1. The highest BCUT2D eigenvalue weighted by molar-refractivity contribution is 6.30. The van der Waals surface area contributed by atoms with E-state index in [1.807, 2.05) is 48.9 Å². The highest BCUT2D eigenvalue weighted by Crippen LogP contribution is 2.43. The van der Waals surface area contributed by atoms with Crippen LogP contribution in [0.1, 0.15) is 17.2 Å². The van der Waals surface area contributed by atoms with Gasteiger partial charge in [-0.25, -0.2) is 4.98 Å². The smallest absolute Gasteiger partial charge is 0.134 e. The number of hydrogen-bond donors (Lipinski definition) is 1.